The monoisotopic (exact) mass is 433 g/mol. The summed E-state index contributed by atoms with van der Waals surface area (Å²) in [5.41, 5.74) is 2.05. The van der Waals surface area contributed by atoms with Crippen LogP contribution >= 0.6 is 11.6 Å². The van der Waals surface area contributed by atoms with Gasteiger partial charge in [0.15, 0.2) is 6.10 Å². The smallest absolute Gasteiger partial charge is 0.340 e. The summed E-state index contributed by atoms with van der Waals surface area (Å²) in [5.74, 6) is -2.03. The Bertz CT molecular complexity index is 988. The van der Waals surface area contributed by atoms with Gasteiger partial charge in [-0.25, -0.2) is 4.79 Å². The Morgan fingerprint density at radius 1 is 1.17 bits per heavy atom. The molecular formula is C20H20ClN3O6. The summed E-state index contributed by atoms with van der Waals surface area (Å²) in [5, 5.41) is 15.7. The molecule has 1 atom stereocenters. The summed E-state index contributed by atoms with van der Waals surface area (Å²) in [6, 6.07) is 8.84. The maximum atomic E-state index is 12.2. The van der Waals surface area contributed by atoms with Crippen molar-refractivity contribution in [2.75, 3.05) is 11.9 Å². The van der Waals surface area contributed by atoms with Crippen molar-refractivity contribution >= 4 is 40.8 Å². The summed E-state index contributed by atoms with van der Waals surface area (Å²) in [4.78, 5) is 46.5. The van der Waals surface area contributed by atoms with Gasteiger partial charge in [0.25, 0.3) is 11.6 Å². The van der Waals surface area contributed by atoms with E-state index in [1.165, 1.54) is 6.92 Å². The molecule has 0 spiro atoms. The highest BCUT2D eigenvalue weighted by Gasteiger charge is 2.22. The standard InChI is InChI=1S/C20H20ClN3O6/c1-11-5-4-6-12(2)18(11)23-17(25)10-22-19(26)13(3)30-20(27)15-8-7-14(24(28)29)9-16(15)21/h4-9,13H,10H2,1-3H3,(H,22,26)(H,23,25). The van der Waals surface area contributed by atoms with Gasteiger partial charge in [-0.05, 0) is 38.0 Å². The van der Waals surface area contributed by atoms with Crippen molar-refractivity contribution in [3.8, 4) is 0 Å². The molecule has 0 aromatic heterocycles. The molecule has 0 fully saturated rings. The van der Waals surface area contributed by atoms with Crippen molar-refractivity contribution in [2.24, 2.45) is 0 Å². The summed E-state index contributed by atoms with van der Waals surface area (Å²) in [6.07, 6.45) is -1.21. The van der Waals surface area contributed by atoms with E-state index in [1.807, 2.05) is 32.0 Å². The quantitative estimate of drug-likeness (QED) is 0.392. The van der Waals surface area contributed by atoms with Crippen LogP contribution in [0.1, 0.15) is 28.4 Å². The number of anilines is 1. The third-order valence-electron chi connectivity index (χ3n) is 4.21. The molecule has 0 saturated heterocycles. The number of carbonyl (C=O) groups excluding carboxylic acids is 3. The number of nitrogens with one attached hydrogen (secondary N) is 2. The van der Waals surface area contributed by atoms with Crippen molar-refractivity contribution in [3.63, 3.8) is 0 Å². The number of esters is 1. The second kappa shape index (κ2) is 9.84. The van der Waals surface area contributed by atoms with Gasteiger partial charge in [0.2, 0.25) is 5.91 Å². The molecule has 0 bridgehead atoms. The summed E-state index contributed by atoms with van der Waals surface area (Å²) in [6.45, 7) is 4.72. The zero-order chi connectivity index (χ0) is 22.4. The molecule has 0 aliphatic heterocycles. The van der Waals surface area contributed by atoms with E-state index in [1.54, 1.807) is 0 Å². The highest BCUT2D eigenvalue weighted by molar-refractivity contribution is 6.33. The second-order valence-electron chi connectivity index (χ2n) is 6.50. The van der Waals surface area contributed by atoms with E-state index in [9.17, 15) is 24.5 Å². The van der Waals surface area contributed by atoms with Crippen LogP contribution in [0.3, 0.4) is 0 Å². The molecule has 30 heavy (non-hydrogen) atoms. The predicted octanol–water partition coefficient (Wildman–Crippen LogP) is 3.17. The lowest BCUT2D eigenvalue weighted by Crippen LogP contribution is -2.40. The Morgan fingerprint density at radius 2 is 1.80 bits per heavy atom. The summed E-state index contributed by atoms with van der Waals surface area (Å²) >= 11 is 5.88. The van der Waals surface area contributed by atoms with Crippen LogP contribution in [-0.2, 0) is 14.3 Å². The first kappa shape index (κ1) is 22.8. The number of ether oxygens (including phenoxy) is 1. The largest absolute Gasteiger partial charge is 0.449 e. The SMILES string of the molecule is Cc1cccc(C)c1NC(=O)CNC(=O)C(C)OC(=O)c1ccc([N+](=O)[O-])cc1Cl. The van der Waals surface area contributed by atoms with Crippen LogP contribution in [0.4, 0.5) is 11.4 Å². The lowest BCUT2D eigenvalue weighted by molar-refractivity contribution is -0.384. The van der Waals surface area contributed by atoms with E-state index in [-0.39, 0.29) is 22.8 Å². The van der Waals surface area contributed by atoms with Gasteiger partial charge in [0.1, 0.15) is 0 Å². The molecule has 0 radical (unpaired) electrons. The number of nitro groups is 1. The van der Waals surface area contributed by atoms with Gasteiger partial charge in [-0.3, -0.25) is 19.7 Å². The third kappa shape index (κ3) is 5.77. The van der Waals surface area contributed by atoms with Crippen LogP contribution in [0, 0.1) is 24.0 Å². The van der Waals surface area contributed by atoms with Gasteiger partial charge in [-0.1, -0.05) is 29.8 Å². The lowest BCUT2D eigenvalue weighted by atomic mass is 10.1. The number of nitrogens with zero attached hydrogens (tertiary/aromatic N) is 1. The van der Waals surface area contributed by atoms with Gasteiger partial charge in [-0.15, -0.1) is 0 Å². The van der Waals surface area contributed by atoms with Crippen LogP contribution in [0.15, 0.2) is 36.4 Å². The van der Waals surface area contributed by atoms with Crippen LogP contribution < -0.4 is 10.6 Å². The highest BCUT2D eigenvalue weighted by atomic mass is 35.5. The molecule has 9 nitrogen and oxygen atoms in total. The van der Waals surface area contributed by atoms with Crippen LogP contribution in [0.25, 0.3) is 0 Å². The first-order valence-corrected chi connectivity index (χ1v) is 9.26. The number of aryl methyl sites for hydroxylation is 2. The Labute approximate surface area is 177 Å². The average molecular weight is 434 g/mol. The number of nitro benzene ring substituents is 1. The zero-order valence-electron chi connectivity index (χ0n) is 16.5. The molecule has 1 unspecified atom stereocenters. The average Bonchev–Trinajstić information content (AvgIpc) is 2.68. The van der Waals surface area contributed by atoms with E-state index >= 15 is 0 Å². The highest BCUT2D eigenvalue weighted by Crippen LogP contribution is 2.23. The van der Waals surface area contributed by atoms with Crippen molar-refractivity contribution in [3.05, 3.63) is 68.2 Å². The topological polar surface area (TPSA) is 128 Å². The first-order chi connectivity index (χ1) is 14.1. The van der Waals surface area contributed by atoms with E-state index in [0.717, 1.165) is 29.3 Å². The molecule has 0 heterocycles. The van der Waals surface area contributed by atoms with Crippen LogP contribution in [0.5, 0.6) is 0 Å². The molecular weight excluding hydrogens is 414 g/mol. The minimum Gasteiger partial charge on any atom is -0.449 e. The van der Waals surface area contributed by atoms with Gasteiger partial charge in [0, 0.05) is 17.8 Å². The maximum Gasteiger partial charge on any atom is 0.340 e. The van der Waals surface area contributed by atoms with Crippen LogP contribution in [0.2, 0.25) is 5.02 Å². The van der Waals surface area contributed by atoms with Crippen molar-refractivity contribution in [1.82, 2.24) is 5.32 Å². The Morgan fingerprint density at radius 3 is 2.37 bits per heavy atom. The van der Waals surface area contributed by atoms with Crippen molar-refractivity contribution in [2.45, 2.75) is 26.9 Å². The minimum atomic E-state index is -1.21. The molecule has 10 heteroatoms. The fourth-order valence-electron chi connectivity index (χ4n) is 2.57. The minimum absolute atomic E-state index is 0.116. The zero-order valence-corrected chi connectivity index (χ0v) is 17.3. The molecule has 0 aliphatic rings. The molecule has 2 aromatic rings. The Kier molecular flexibility index (Phi) is 7.48. The Hall–Kier alpha value is -3.46. The van der Waals surface area contributed by atoms with E-state index in [2.05, 4.69) is 10.6 Å². The van der Waals surface area contributed by atoms with E-state index in [0.29, 0.717) is 5.69 Å². The second-order valence-corrected chi connectivity index (χ2v) is 6.91. The number of para-hydroxylation sites is 1. The van der Waals surface area contributed by atoms with Gasteiger partial charge >= 0.3 is 5.97 Å². The molecule has 2 N–H and O–H groups in total. The fraction of sp³-hybridized carbons (Fsp3) is 0.250. The van der Waals surface area contributed by atoms with Crippen molar-refractivity contribution in [1.29, 1.82) is 0 Å². The van der Waals surface area contributed by atoms with Crippen molar-refractivity contribution < 1.29 is 24.0 Å². The number of carbonyl (C=O) groups is 3. The summed E-state index contributed by atoms with van der Waals surface area (Å²) in [7, 11) is 0. The van der Waals surface area contributed by atoms with Crippen LogP contribution in [-0.4, -0.2) is 35.4 Å². The number of benzene rings is 2. The maximum absolute atomic E-state index is 12.2. The van der Waals surface area contributed by atoms with Gasteiger partial charge in [0.05, 0.1) is 22.1 Å². The first-order valence-electron chi connectivity index (χ1n) is 8.89. The van der Waals surface area contributed by atoms with E-state index < -0.39 is 28.8 Å². The number of hydrogen-bond donors (Lipinski definition) is 2. The third-order valence-corrected chi connectivity index (χ3v) is 4.52. The molecule has 0 saturated carbocycles. The number of non-ortho nitro benzene ring substituents is 1. The fourth-order valence-corrected chi connectivity index (χ4v) is 2.82. The number of amides is 2. The predicted molar refractivity (Wildman–Crippen MR) is 111 cm³/mol. The number of rotatable bonds is 7. The molecule has 0 aliphatic carbocycles. The van der Waals surface area contributed by atoms with Gasteiger partial charge in [-0.2, -0.15) is 0 Å². The lowest BCUT2D eigenvalue weighted by Gasteiger charge is -2.15. The normalized spacial score (nSPS) is 11.3. The molecule has 2 amide bonds. The number of hydrogen-bond acceptors (Lipinski definition) is 6. The van der Waals surface area contributed by atoms with E-state index in [4.69, 9.17) is 16.3 Å². The van der Waals surface area contributed by atoms with Gasteiger partial charge < -0.3 is 15.4 Å². The summed E-state index contributed by atoms with van der Waals surface area (Å²) < 4.78 is 5.03. The number of halogens is 1. The molecule has 158 valence electrons. The Balaban J connectivity index is 1.91. The molecule has 2 rings (SSSR count). The molecule has 2 aromatic carbocycles.